The largest absolute Gasteiger partial charge is 0.344 e. The highest BCUT2D eigenvalue weighted by Gasteiger charge is 2.20. The lowest BCUT2D eigenvalue weighted by Crippen LogP contribution is -2.19. The lowest BCUT2D eigenvalue weighted by Gasteiger charge is -2.12. The van der Waals surface area contributed by atoms with Crippen LogP contribution in [0.15, 0.2) is 53.3 Å². The molecule has 0 amide bonds. The predicted octanol–water partition coefficient (Wildman–Crippen LogP) is 5.44. The van der Waals surface area contributed by atoms with Crippen LogP contribution in [0.25, 0.3) is 0 Å². The molecule has 0 aliphatic carbocycles. The van der Waals surface area contributed by atoms with Gasteiger partial charge in [-0.25, -0.2) is 0 Å². The number of hydrogen-bond acceptors (Lipinski definition) is 4. The van der Waals surface area contributed by atoms with Gasteiger partial charge in [0.25, 0.3) is 5.56 Å². The van der Waals surface area contributed by atoms with Crippen LogP contribution in [0.2, 0.25) is 10.0 Å². The Bertz CT molecular complexity index is 1010. The fourth-order valence-corrected chi connectivity index (χ4v) is 3.80. The molecule has 2 aromatic carbocycles. The zero-order chi connectivity index (χ0) is 18.0. The van der Waals surface area contributed by atoms with E-state index >= 15 is 0 Å². The van der Waals surface area contributed by atoms with E-state index in [1.807, 2.05) is 43.3 Å². The molecule has 25 heavy (non-hydrogen) atoms. The Morgan fingerprint density at radius 1 is 1.16 bits per heavy atom. The molecule has 7 heteroatoms. The van der Waals surface area contributed by atoms with E-state index in [1.165, 1.54) is 11.5 Å². The second kappa shape index (κ2) is 7.32. The molecule has 1 N–H and O–H groups in total. The molecule has 1 aromatic heterocycles. The molecule has 0 spiro atoms. The highest BCUT2D eigenvalue weighted by molar-refractivity contribution is 7.11. The lowest BCUT2D eigenvalue weighted by molar-refractivity contribution is 0.674. The number of nitrogens with zero attached hydrogens (tertiary/aromatic N) is 2. The summed E-state index contributed by atoms with van der Waals surface area (Å²) in [5.74, 6) is 0. The smallest absolute Gasteiger partial charge is 0.281 e. The number of anilines is 2. The van der Waals surface area contributed by atoms with E-state index in [-0.39, 0.29) is 17.2 Å². The molecule has 3 rings (SSSR count). The molecular formula is C18H13Cl2N3OS. The highest BCUT2D eigenvalue weighted by atomic mass is 35.5. The maximum Gasteiger partial charge on any atom is 0.281 e. The first-order valence-corrected chi connectivity index (χ1v) is 8.97. The van der Waals surface area contributed by atoms with Gasteiger partial charge in [0, 0.05) is 0 Å². The van der Waals surface area contributed by atoms with E-state index in [1.54, 1.807) is 22.2 Å². The highest BCUT2D eigenvalue weighted by Crippen LogP contribution is 2.34. The van der Waals surface area contributed by atoms with Gasteiger partial charge < -0.3 is 5.32 Å². The van der Waals surface area contributed by atoms with Crippen LogP contribution in [0.4, 0.5) is 10.7 Å². The summed E-state index contributed by atoms with van der Waals surface area (Å²) in [7, 11) is 0. The average molecular weight is 390 g/mol. The third-order valence-corrected chi connectivity index (χ3v) is 5.76. The number of nitriles is 1. The van der Waals surface area contributed by atoms with Crippen molar-refractivity contribution < 1.29 is 0 Å². The Kier molecular flexibility index (Phi) is 5.14. The van der Waals surface area contributed by atoms with E-state index in [2.05, 4.69) is 5.32 Å². The molecule has 1 atom stereocenters. The van der Waals surface area contributed by atoms with Crippen molar-refractivity contribution in [2.75, 3.05) is 5.32 Å². The molecule has 0 unspecified atom stereocenters. The van der Waals surface area contributed by atoms with Crippen molar-refractivity contribution >= 4 is 45.4 Å². The number of hydrogen-bond donors (Lipinski definition) is 1. The first-order valence-electron chi connectivity index (χ1n) is 7.44. The van der Waals surface area contributed by atoms with E-state index < -0.39 is 0 Å². The minimum Gasteiger partial charge on any atom is -0.344 e. The van der Waals surface area contributed by atoms with Crippen molar-refractivity contribution in [3.8, 4) is 6.07 Å². The number of aromatic nitrogens is 1. The fourth-order valence-electron chi connectivity index (χ4n) is 2.42. The van der Waals surface area contributed by atoms with Crippen LogP contribution < -0.4 is 10.9 Å². The first kappa shape index (κ1) is 17.6. The van der Waals surface area contributed by atoms with Crippen molar-refractivity contribution in [2.24, 2.45) is 0 Å². The molecule has 1 heterocycles. The van der Waals surface area contributed by atoms with Crippen molar-refractivity contribution in [2.45, 2.75) is 13.0 Å². The van der Waals surface area contributed by atoms with Gasteiger partial charge in [0.05, 0.1) is 21.8 Å². The molecule has 0 bridgehead atoms. The summed E-state index contributed by atoms with van der Waals surface area (Å²) in [6.45, 7) is 1.92. The Balaban J connectivity index is 2.03. The van der Waals surface area contributed by atoms with Gasteiger partial charge in [0.2, 0.25) is 0 Å². The average Bonchev–Trinajstić information content (AvgIpc) is 2.94. The van der Waals surface area contributed by atoms with Crippen LogP contribution in [0.5, 0.6) is 0 Å². The number of benzene rings is 2. The van der Waals surface area contributed by atoms with Crippen molar-refractivity contribution in [3.63, 3.8) is 0 Å². The third-order valence-electron chi connectivity index (χ3n) is 3.78. The molecule has 0 saturated carbocycles. The topological polar surface area (TPSA) is 57.8 Å². The second-order valence-electron chi connectivity index (χ2n) is 5.35. The second-order valence-corrected chi connectivity index (χ2v) is 7.12. The quantitative estimate of drug-likeness (QED) is 0.645. The Labute approximate surface area is 159 Å². The Morgan fingerprint density at radius 3 is 2.56 bits per heavy atom. The summed E-state index contributed by atoms with van der Waals surface area (Å²) in [6.07, 6.45) is 0. The maximum atomic E-state index is 12.6. The van der Waals surface area contributed by atoms with Gasteiger partial charge in [-0.05, 0) is 36.2 Å². The lowest BCUT2D eigenvalue weighted by atomic mass is 10.1. The summed E-state index contributed by atoms with van der Waals surface area (Å²) < 4.78 is 1.58. The summed E-state index contributed by atoms with van der Waals surface area (Å²) in [5, 5.41) is 13.7. The SMILES string of the molecule is C[C@@H](c1ccccc1)n1sc(Nc2cccc(Cl)c2Cl)c(C#N)c1=O. The molecule has 0 fully saturated rings. The molecule has 0 aliphatic heterocycles. The minimum atomic E-state index is -0.329. The Morgan fingerprint density at radius 2 is 1.88 bits per heavy atom. The number of halogens is 2. The zero-order valence-electron chi connectivity index (χ0n) is 13.2. The van der Waals surface area contributed by atoms with Crippen molar-refractivity contribution in [3.05, 3.63) is 80.1 Å². The number of nitrogens with one attached hydrogen (secondary N) is 1. The first-order chi connectivity index (χ1) is 12.0. The molecule has 0 radical (unpaired) electrons. The van der Waals surface area contributed by atoms with Crippen LogP contribution in [-0.2, 0) is 0 Å². The van der Waals surface area contributed by atoms with Crippen LogP contribution in [0.1, 0.15) is 24.1 Å². The maximum absolute atomic E-state index is 12.6. The molecule has 0 saturated heterocycles. The van der Waals surface area contributed by atoms with Crippen molar-refractivity contribution in [1.82, 2.24) is 3.96 Å². The van der Waals surface area contributed by atoms with Gasteiger partial charge in [-0.3, -0.25) is 8.75 Å². The summed E-state index contributed by atoms with van der Waals surface area (Å²) >= 11 is 13.4. The van der Waals surface area contributed by atoms with Crippen LogP contribution >= 0.6 is 34.7 Å². The minimum absolute atomic E-state index is 0.0591. The van der Waals surface area contributed by atoms with Gasteiger partial charge in [-0.15, -0.1) is 0 Å². The summed E-state index contributed by atoms with van der Waals surface area (Å²) in [4.78, 5) is 12.6. The standard InChI is InChI=1S/C18H13Cl2N3OS/c1-11(12-6-3-2-4-7-12)23-18(24)13(10-21)17(25-23)22-15-9-5-8-14(19)16(15)20/h2-9,11,22H,1H3/t11-/m0/s1. The van der Waals surface area contributed by atoms with E-state index in [0.29, 0.717) is 20.7 Å². The van der Waals surface area contributed by atoms with Gasteiger partial charge >= 0.3 is 0 Å². The molecule has 3 aromatic rings. The van der Waals surface area contributed by atoms with Crippen LogP contribution in [0.3, 0.4) is 0 Å². The molecule has 126 valence electrons. The van der Waals surface area contributed by atoms with E-state index in [9.17, 15) is 10.1 Å². The zero-order valence-corrected chi connectivity index (χ0v) is 15.5. The monoisotopic (exact) mass is 389 g/mol. The predicted molar refractivity (Wildman–Crippen MR) is 103 cm³/mol. The fraction of sp³-hybridized carbons (Fsp3) is 0.111. The van der Waals surface area contributed by atoms with Crippen molar-refractivity contribution in [1.29, 1.82) is 5.26 Å². The normalized spacial score (nSPS) is 11.8. The molecule has 0 aliphatic rings. The van der Waals surface area contributed by atoms with Gasteiger partial charge in [0.15, 0.2) is 5.56 Å². The van der Waals surface area contributed by atoms with E-state index in [4.69, 9.17) is 23.2 Å². The van der Waals surface area contributed by atoms with Gasteiger partial charge in [0.1, 0.15) is 11.1 Å². The van der Waals surface area contributed by atoms with Gasteiger partial charge in [-0.1, -0.05) is 59.6 Å². The summed E-state index contributed by atoms with van der Waals surface area (Å²) in [5.41, 5.74) is 1.27. The molecular weight excluding hydrogens is 377 g/mol. The van der Waals surface area contributed by atoms with E-state index in [0.717, 1.165) is 5.56 Å². The summed E-state index contributed by atoms with van der Waals surface area (Å²) in [6, 6.07) is 16.6. The third kappa shape index (κ3) is 3.42. The van der Waals surface area contributed by atoms with Crippen LogP contribution in [0, 0.1) is 11.3 Å². The molecule has 4 nitrogen and oxygen atoms in total. The van der Waals surface area contributed by atoms with Gasteiger partial charge in [-0.2, -0.15) is 5.26 Å². The van der Waals surface area contributed by atoms with Crippen LogP contribution in [-0.4, -0.2) is 3.96 Å². The number of rotatable bonds is 4. The Hall–Kier alpha value is -2.26.